The molecule has 4 rings (SSSR count). The number of anilines is 1. The first-order valence-corrected chi connectivity index (χ1v) is 11.4. The highest BCUT2D eigenvalue weighted by molar-refractivity contribution is 6.06. The molecular formula is C25H30N4O4. The number of benzene rings is 2. The highest BCUT2D eigenvalue weighted by Gasteiger charge is 2.33. The Hall–Kier alpha value is -3.39. The summed E-state index contributed by atoms with van der Waals surface area (Å²) in [7, 11) is 0. The summed E-state index contributed by atoms with van der Waals surface area (Å²) in [4.78, 5) is 38.7. The van der Waals surface area contributed by atoms with E-state index in [0.29, 0.717) is 18.5 Å². The van der Waals surface area contributed by atoms with Crippen LogP contribution >= 0.6 is 0 Å². The van der Waals surface area contributed by atoms with E-state index in [1.807, 2.05) is 49.4 Å². The molecule has 1 unspecified atom stereocenters. The number of aliphatic hydroxyl groups excluding tert-OH is 1. The van der Waals surface area contributed by atoms with Crippen LogP contribution in [0.1, 0.15) is 51.0 Å². The van der Waals surface area contributed by atoms with Crippen LogP contribution in [0.5, 0.6) is 0 Å². The van der Waals surface area contributed by atoms with Crippen LogP contribution in [-0.2, 0) is 9.59 Å². The Balaban J connectivity index is 1.49. The fourth-order valence-corrected chi connectivity index (χ4v) is 4.54. The second-order valence-corrected chi connectivity index (χ2v) is 8.77. The summed E-state index contributed by atoms with van der Waals surface area (Å²) in [5, 5.41) is 16.7. The van der Waals surface area contributed by atoms with Gasteiger partial charge in [-0.3, -0.25) is 15.0 Å². The van der Waals surface area contributed by atoms with Gasteiger partial charge in [0.05, 0.1) is 23.8 Å². The van der Waals surface area contributed by atoms with Crippen LogP contribution in [0, 0.1) is 0 Å². The minimum atomic E-state index is -0.897. The molecule has 174 valence electrons. The molecule has 33 heavy (non-hydrogen) atoms. The molecule has 2 aromatic rings. The topological polar surface area (TPSA) is 111 Å². The lowest BCUT2D eigenvalue weighted by molar-refractivity contribution is -0.127. The normalized spacial score (nSPS) is 22.9. The Morgan fingerprint density at radius 1 is 1.03 bits per heavy atom. The number of aliphatic hydroxyl groups is 1. The van der Waals surface area contributed by atoms with Gasteiger partial charge in [0, 0.05) is 5.56 Å². The molecule has 1 fully saturated rings. The van der Waals surface area contributed by atoms with E-state index >= 15 is 0 Å². The molecule has 0 aromatic heterocycles. The Bertz CT molecular complexity index is 1060. The van der Waals surface area contributed by atoms with Crippen LogP contribution in [0.2, 0.25) is 0 Å². The Morgan fingerprint density at radius 3 is 2.45 bits per heavy atom. The van der Waals surface area contributed by atoms with E-state index < -0.39 is 30.0 Å². The lowest BCUT2D eigenvalue weighted by Crippen LogP contribution is -2.57. The number of hydrazine groups is 1. The summed E-state index contributed by atoms with van der Waals surface area (Å²) < 4.78 is 0. The number of hydrogen-bond acceptors (Lipinski definition) is 4. The molecule has 4 N–H and O–H groups in total. The molecular weight excluding hydrogens is 420 g/mol. The highest BCUT2D eigenvalue weighted by atomic mass is 16.3. The Labute approximate surface area is 193 Å². The van der Waals surface area contributed by atoms with Crippen molar-refractivity contribution in [3.8, 4) is 11.1 Å². The van der Waals surface area contributed by atoms with Crippen molar-refractivity contribution in [3.63, 3.8) is 0 Å². The molecule has 0 spiro atoms. The van der Waals surface area contributed by atoms with Gasteiger partial charge in [-0.05, 0) is 43.9 Å². The van der Waals surface area contributed by atoms with Crippen LogP contribution in [0.25, 0.3) is 11.1 Å². The fraction of sp³-hybridized carbons (Fsp3) is 0.400. The maximum atomic E-state index is 13.3. The molecule has 0 radical (unpaired) electrons. The predicted molar refractivity (Wildman–Crippen MR) is 125 cm³/mol. The van der Waals surface area contributed by atoms with Gasteiger partial charge in [0.1, 0.15) is 6.04 Å². The van der Waals surface area contributed by atoms with Gasteiger partial charge in [-0.15, -0.1) is 0 Å². The SMILES string of the molecule is CC1C(=O)N(NC(=O)[C@H](C)NC(=O)N[C@H]2CCCC[C@H]2O)c2ccccc2-c2ccccc21. The summed E-state index contributed by atoms with van der Waals surface area (Å²) in [5.74, 6) is -1.24. The number of nitrogens with one attached hydrogen (secondary N) is 3. The van der Waals surface area contributed by atoms with Gasteiger partial charge in [0.25, 0.3) is 11.8 Å². The second kappa shape index (κ2) is 9.62. The van der Waals surface area contributed by atoms with E-state index in [-0.39, 0.29) is 11.9 Å². The van der Waals surface area contributed by atoms with Crippen LogP contribution in [0.15, 0.2) is 48.5 Å². The minimum absolute atomic E-state index is 0.261. The number of fused-ring (bicyclic) bond motifs is 3. The van der Waals surface area contributed by atoms with Gasteiger partial charge < -0.3 is 15.7 Å². The van der Waals surface area contributed by atoms with Crippen molar-refractivity contribution in [2.75, 3.05) is 5.01 Å². The Morgan fingerprint density at radius 2 is 1.70 bits per heavy atom. The number of carbonyl (C=O) groups excluding carboxylic acids is 3. The minimum Gasteiger partial charge on any atom is -0.391 e. The van der Waals surface area contributed by atoms with Crippen LogP contribution in [0.4, 0.5) is 10.5 Å². The fourth-order valence-electron chi connectivity index (χ4n) is 4.54. The van der Waals surface area contributed by atoms with E-state index in [1.54, 1.807) is 13.0 Å². The van der Waals surface area contributed by atoms with Crippen molar-refractivity contribution in [3.05, 3.63) is 54.1 Å². The molecule has 0 saturated heterocycles. The zero-order valence-corrected chi connectivity index (χ0v) is 18.9. The van der Waals surface area contributed by atoms with E-state index in [1.165, 1.54) is 5.01 Å². The average Bonchev–Trinajstić information content (AvgIpc) is 2.90. The maximum absolute atomic E-state index is 13.3. The van der Waals surface area contributed by atoms with Crippen molar-refractivity contribution < 1.29 is 19.5 Å². The number of para-hydroxylation sites is 1. The van der Waals surface area contributed by atoms with Crippen molar-refractivity contribution in [1.29, 1.82) is 0 Å². The van der Waals surface area contributed by atoms with Gasteiger partial charge >= 0.3 is 6.03 Å². The first-order chi connectivity index (χ1) is 15.9. The largest absolute Gasteiger partial charge is 0.391 e. The van der Waals surface area contributed by atoms with Gasteiger partial charge in [-0.1, -0.05) is 55.3 Å². The molecule has 8 heteroatoms. The number of carbonyl (C=O) groups is 3. The molecule has 1 saturated carbocycles. The summed E-state index contributed by atoms with van der Waals surface area (Å²) in [6.07, 6.45) is 2.65. The molecule has 2 aliphatic rings. The molecule has 8 nitrogen and oxygen atoms in total. The quantitative estimate of drug-likeness (QED) is 0.574. The summed E-state index contributed by atoms with van der Waals surface area (Å²) in [6.45, 7) is 3.37. The summed E-state index contributed by atoms with van der Waals surface area (Å²) in [5.41, 5.74) is 5.96. The predicted octanol–water partition coefficient (Wildman–Crippen LogP) is 2.83. The van der Waals surface area contributed by atoms with Crippen LogP contribution in [-0.4, -0.2) is 41.1 Å². The molecule has 1 aliphatic carbocycles. The zero-order chi connectivity index (χ0) is 23.5. The van der Waals surface area contributed by atoms with Crippen LogP contribution in [0.3, 0.4) is 0 Å². The second-order valence-electron chi connectivity index (χ2n) is 8.77. The first-order valence-electron chi connectivity index (χ1n) is 11.4. The molecule has 4 amide bonds. The lowest BCUT2D eigenvalue weighted by Gasteiger charge is -2.29. The Kier molecular flexibility index (Phi) is 6.65. The van der Waals surface area contributed by atoms with Crippen LogP contribution < -0.4 is 21.1 Å². The third-order valence-electron chi connectivity index (χ3n) is 6.46. The molecule has 1 heterocycles. The third kappa shape index (κ3) is 4.71. The average molecular weight is 451 g/mol. The summed E-state index contributed by atoms with van der Waals surface area (Å²) >= 11 is 0. The smallest absolute Gasteiger partial charge is 0.315 e. The number of hydrogen-bond donors (Lipinski definition) is 4. The van der Waals surface area contributed by atoms with Crippen molar-refractivity contribution in [2.45, 2.75) is 63.6 Å². The van der Waals surface area contributed by atoms with Gasteiger partial charge in [0.2, 0.25) is 0 Å². The third-order valence-corrected chi connectivity index (χ3v) is 6.46. The molecule has 0 bridgehead atoms. The molecule has 4 atom stereocenters. The van der Waals surface area contributed by atoms with E-state index in [2.05, 4.69) is 16.1 Å². The molecule has 1 aliphatic heterocycles. The van der Waals surface area contributed by atoms with Gasteiger partial charge in [-0.2, -0.15) is 0 Å². The lowest BCUT2D eigenvalue weighted by atomic mass is 9.92. The number of nitrogens with zero attached hydrogens (tertiary/aromatic N) is 1. The zero-order valence-electron chi connectivity index (χ0n) is 18.9. The van der Waals surface area contributed by atoms with Gasteiger partial charge in [-0.25, -0.2) is 9.80 Å². The number of rotatable bonds is 4. The van der Waals surface area contributed by atoms with Gasteiger partial charge in [0.15, 0.2) is 0 Å². The standard InChI is InChI=1S/C25H30N4O4/c1-15-17-9-3-4-10-18(17)19-11-5-7-13-21(19)29(24(15)32)28-23(31)16(2)26-25(33)27-20-12-6-8-14-22(20)30/h3-5,7,9-11,13,15-16,20,22,30H,6,8,12,14H2,1-2H3,(H,28,31)(H2,26,27,33)/t15?,16-,20-,22+/m0/s1. The van der Waals surface area contributed by atoms with E-state index in [4.69, 9.17) is 0 Å². The van der Waals surface area contributed by atoms with Crippen molar-refractivity contribution in [1.82, 2.24) is 16.1 Å². The monoisotopic (exact) mass is 450 g/mol. The first kappa shape index (κ1) is 22.8. The van der Waals surface area contributed by atoms with Crippen molar-refractivity contribution in [2.24, 2.45) is 0 Å². The van der Waals surface area contributed by atoms with E-state index in [9.17, 15) is 19.5 Å². The van der Waals surface area contributed by atoms with Crippen molar-refractivity contribution >= 4 is 23.5 Å². The molecule has 2 aromatic carbocycles. The number of urea groups is 1. The maximum Gasteiger partial charge on any atom is 0.315 e. The number of amides is 4. The van der Waals surface area contributed by atoms with E-state index in [0.717, 1.165) is 29.5 Å². The summed E-state index contributed by atoms with van der Waals surface area (Å²) in [6, 6.07) is 13.4. The highest BCUT2D eigenvalue weighted by Crippen LogP contribution is 2.39.